The first-order chi connectivity index (χ1) is 7.78. The first-order valence-corrected chi connectivity index (χ1v) is 6.52. The lowest BCUT2D eigenvalue weighted by molar-refractivity contribution is -0.123. The van der Waals surface area contributed by atoms with E-state index in [0.717, 1.165) is 6.54 Å². The average Bonchev–Trinajstić information content (AvgIpc) is 2.91. The summed E-state index contributed by atoms with van der Waals surface area (Å²) in [6, 6.07) is 0.551. The zero-order chi connectivity index (χ0) is 13.1. The molecule has 0 aromatic rings. The second-order valence-corrected chi connectivity index (χ2v) is 6.24. The number of rotatable bonds is 6. The molecule has 0 atom stereocenters. The fourth-order valence-corrected chi connectivity index (χ4v) is 1.82. The summed E-state index contributed by atoms with van der Waals surface area (Å²) in [5, 5.41) is 2.98. The van der Waals surface area contributed by atoms with Crippen LogP contribution in [0.2, 0.25) is 0 Å². The molecule has 0 heterocycles. The van der Waals surface area contributed by atoms with Crippen molar-refractivity contribution in [2.45, 2.75) is 51.6 Å². The molecule has 3 N–H and O–H groups in total. The van der Waals surface area contributed by atoms with Gasteiger partial charge in [-0.15, -0.1) is 0 Å². The van der Waals surface area contributed by atoms with Crippen molar-refractivity contribution < 1.29 is 4.79 Å². The molecule has 1 aliphatic rings. The third kappa shape index (κ3) is 6.58. The zero-order valence-corrected chi connectivity index (χ0v) is 11.8. The highest BCUT2D eigenvalue weighted by molar-refractivity contribution is 7.80. The molecular formula is C12H23N3OS. The lowest BCUT2D eigenvalue weighted by Gasteiger charge is -2.25. The molecule has 0 aromatic heterocycles. The SMILES string of the molecule is CC(C)(C)NC(=O)CN(CCC(N)=S)C1CC1. The molecule has 4 nitrogen and oxygen atoms in total. The summed E-state index contributed by atoms with van der Waals surface area (Å²) in [6.07, 6.45) is 3.05. The van der Waals surface area contributed by atoms with Gasteiger partial charge in [-0.05, 0) is 33.6 Å². The monoisotopic (exact) mass is 257 g/mol. The fraction of sp³-hybridized carbons (Fsp3) is 0.833. The van der Waals surface area contributed by atoms with E-state index in [0.29, 0.717) is 24.0 Å². The third-order valence-corrected chi connectivity index (χ3v) is 2.77. The molecule has 0 saturated heterocycles. The van der Waals surface area contributed by atoms with Crippen molar-refractivity contribution in [3.8, 4) is 0 Å². The maximum Gasteiger partial charge on any atom is 0.234 e. The number of nitrogens with two attached hydrogens (primary N) is 1. The van der Waals surface area contributed by atoms with Crippen molar-refractivity contribution in [3.05, 3.63) is 0 Å². The van der Waals surface area contributed by atoms with Gasteiger partial charge in [0.1, 0.15) is 0 Å². The zero-order valence-electron chi connectivity index (χ0n) is 11.0. The highest BCUT2D eigenvalue weighted by Gasteiger charge is 2.30. The molecule has 1 aliphatic carbocycles. The van der Waals surface area contributed by atoms with Crippen LogP contribution in [0.15, 0.2) is 0 Å². The van der Waals surface area contributed by atoms with Gasteiger partial charge >= 0.3 is 0 Å². The summed E-state index contributed by atoms with van der Waals surface area (Å²) in [5.41, 5.74) is 5.33. The van der Waals surface area contributed by atoms with Crippen LogP contribution in [0, 0.1) is 0 Å². The molecule has 1 rings (SSSR count). The Hall–Kier alpha value is -0.680. The van der Waals surface area contributed by atoms with E-state index < -0.39 is 0 Å². The van der Waals surface area contributed by atoms with E-state index in [1.807, 2.05) is 20.8 Å². The smallest absolute Gasteiger partial charge is 0.234 e. The van der Waals surface area contributed by atoms with Gasteiger partial charge in [-0.3, -0.25) is 9.69 Å². The highest BCUT2D eigenvalue weighted by atomic mass is 32.1. The van der Waals surface area contributed by atoms with Gasteiger partial charge < -0.3 is 11.1 Å². The first-order valence-electron chi connectivity index (χ1n) is 6.11. The molecule has 0 spiro atoms. The summed E-state index contributed by atoms with van der Waals surface area (Å²) in [5.74, 6) is 0.0762. The Morgan fingerprint density at radius 3 is 2.47 bits per heavy atom. The molecule has 0 aliphatic heterocycles. The van der Waals surface area contributed by atoms with Crippen LogP contribution >= 0.6 is 12.2 Å². The van der Waals surface area contributed by atoms with Gasteiger partial charge in [-0.25, -0.2) is 0 Å². The second kappa shape index (κ2) is 5.78. The minimum atomic E-state index is -0.171. The average molecular weight is 257 g/mol. The molecule has 1 fully saturated rings. The minimum Gasteiger partial charge on any atom is -0.393 e. The van der Waals surface area contributed by atoms with Gasteiger partial charge in [0, 0.05) is 24.5 Å². The van der Waals surface area contributed by atoms with Gasteiger partial charge in [0.05, 0.1) is 11.5 Å². The van der Waals surface area contributed by atoms with Gasteiger partial charge in [-0.1, -0.05) is 12.2 Å². The highest BCUT2D eigenvalue weighted by Crippen LogP contribution is 2.26. The van der Waals surface area contributed by atoms with E-state index in [4.69, 9.17) is 18.0 Å². The van der Waals surface area contributed by atoms with Crippen molar-refractivity contribution in [2.24, 2.45) is 5.73 Å². The molecule has 17 heavy (non-hydrogen) atoms. The number of nitrogens with one attached hydrogen (secondary N) is 1. The van der Waals surface area contributed by atoms with Crippen molar-refractivity contribution >= 4 is 23.1 Å². The molecule has 1 saturated carbocycles. The molecule has 0 bridgehead atoms. The molecule has 0 aromatic carbocycles. The van der Waals surface area contributed by atoms with E-state index in [1.165, 1.54) is 12.8 Å². The van der Waals surface area contributed by atoms with Crippen molar-refractivity contribution in [1.29, 1.82) is 0 Å². The predicted octanol–water partition coefficient (Wildman–Crippen LogP) is 1.04. The number of carbonyl (C=O) groups excluding carboxylic acids is 1. The number of carbonyl (C=O) groups is 1. The predicted molar refractivity (Wildman–Crippen MR) is 73.9 cm³/mol. The molecule has 5 heteroatoms. The molecule has 1 amide bonds. The van der Waals surface area contributed by atoms with Gasteiger partial charge in [0.25, 0.3) is 0 Å². The van der Waals surface area contributed by atoms with Crippen LogP contribution in [-0.2, 0) is 4.79 Å². The van der Waals surface area contributed by atoms with E-state index in [1.54, 1.807) is 0 Å². The molecular weight excluding hydrogens is 234 g/mol. The van der Waals surface area contributed by atoms with Crippen LogP contribution in [0.25, 0.3) is 0 Å². The van der Waals surface area contributed by atoms with E-state index in [9.17, 15) is 4.79 Å². The van der Waals surface area contributed by atoms with Crippen molar-refractivity contribution in [2.75, 3.05) is 13.1 Å². The number of hydrogen-bond acceptors (Lipinski definition) is 3. The summed E-state index contributed by atoms with van der Waals surface area (Å²) >= 11 is 4.87. The van der Waals surface area contributed by atoms with Gasteiger partial charge in [-0.2, -0.15) is 0 Å². The first kappa shape index (κ1) is 14.4. The maximum atomic E-state index is 11.8. The van der Waals surface area contributed by atoms with Crippen LogP contribution in [0.1, 0.15) is 40.0 Å². The maximum absolute atomic E-state index is 11.8. The summed E-state index contributed by atoms with van der Waals surface area (Å²) in [7, 11) is 0. The van der Waals surface area contributed by atoms with Gasteiger partial charge in [0.15, 0.2) is 0 Å². The Kier molecular flexibility index (Phi) is 4.89. The summed E-state index contributed by atoms with van der Waals surface area (Å²) < 4.78 is 0. The third-order valence-electron chi connectivity index (χ3n) is 2.57. The molecule has 0 radical (unpaired) electrons. The van der Waals surface area contributed by atoms with E-state index in [-0.39, 0.29) is 11.4 Å². The standard InChI is InChI=1S/C12H23N3OS/c1-12(2,3)14-11(16)8-15(9-4-5-9)7-6-10(13)17/h9H,4-8H2,1-3H3,(H2,13,17)(H,14,16). The largest absolute Gasteiger partial charge is 0.393 e. The Morgan fingerprint density at radius 1 is 1.47 bits per heavy atom. The Balaban J connectivity index is 2.38. The Morgan fingerprint density at radius 2 is 2.06 bits per heavy atom. The van der Waals surface area contributed by atoms with Crippen LogP contribution < -0.4 is 11.1 Å². The number of thiocarbonyl (C=S) groups is 1. The lowest BCUT2D eigenvalue weighted by atomic mass is 10.1. The quantitative estimate of drug-likeness (QED) is 0.698. The van der Waals surface area contributed by atoms with Crippen LogP contribution in [-0.4, -0.2) is 40.5 Å². The molecule has 0 unspecified atom stereocenters. The van der Waals surface area contributed by atoms with E-state index >= 15 is 0 Å². The number of amides is 1. The van der Waals surface area contributed by atoms with Crippen LogP contribution in [0.5, 0.6) is 0 Å². The van der Waals surface area contributed by atoms with E-state index in [2.05, 4.69) is 10.2 Å². The van der Waals surface area contributed by atoms with Crippen molar-refractivity contribution in [1.82, 2.24) is 10.2 Å². The summed E-state index contributed by atoms with van der Waals surface area (Å²) in [4.78, 5) is 14.5. The number of hydrogen-bond donors (Lipinski definition) is 2. The normalized spacial score (nSPS) is 16.0. The van der Waals surface area contributed by atoms with Crippen molar-refractivity contribution in [3.63, 3.8) is 0 Å². The minimum absolute atomic E-state index is 0.0762. The Labute approximate surface area is 109 Å². The number of nitrogens with zero attached hydrogens (tertiary/aromatic N) is 1. The second-order valence-electron chi connectivity index (χ2n) is 5.72. The van der Waals surface area contributed by atoms with Crippen LogP contribution in [0.4, 0.5) is 0 Å². The molecule has 98 valence electrons. The van der Waals surface area contributed by atoms with Crippen LogP contribution in [0.3, 0.4) is 0 Å². The Bertz CT molecular complexity index is 295. The fourth-order valence-electron chi connectivity index (χ4n) is 1.73. The topological polar surface area (TPSA) is 58.4 Å². The lowest BCUT2D eigenvalue weighted by Crippen LogP contribution is -2.46. The van der Waals surface area contributed by atoms with Gasteiger partial charge in [0.2, 0.25) is 5.91 Å². The summed E-state index contributed by atoms with van der Waals surface area (Å²) in [6.45, 7) is 7.20.